The van der Waals surface area contributed by atoms with E-state index in [1.165, 1.54) is 0 Å². The topological polar surface area (TPSA) is 41.9 Å². The Morgan fingerprint density at radius 3 is 2.27 bits per heavy atom. The van der Waals surface area contributed by atoms with E-state index in [1.54, 1.807) is 0 Å². The van der Waals surface area contributed by atoms with Gasteiger partial charge in [-0.25, -0.2) is 0 Å². The summed E-state index contributed by atoms with van der Waals surface area (Å²) in [5.41, 5.74) is -0.525. The summed E-state index contributed by atoms with van der Waals surface area (Å²) in [5, 5.41) is 11.2. The van der Waals surface area contributed by atoms with Gasteiger partial charge < -0.3 is 14.3 Å². The van der Waals surface area contributed by atoms with Gasteiger partial charge in [0.1, 0.15) is 0 Å². The molecule has 2 aliphatic rings. The zero-order chi connectivity index (χ0) is 16.6. The van der Waals surface area contributed by atoms with Gasteiger partial charge in [-0.1, -0.05) is 20.8 Å². The lowest BCUT2D eigenvalue weighted by atomic mass is 9.79. The van der Waals surface area contributed by atoms with Gasteiger partial charge in [-0.05, 0) is 50.9 Å². The number of hydrogen-bond donors (Lipinski definition) is 1. The molecule has 4 nitrogen and oxygen atoms in total. The van der Waals surface area contributed by atoms with Crippen LogP contribution in [0, 0.1) is 0 Å². The number of ether oxygens (including phenoxy) is 1. The van der Waals surface area contributed by atoms with Crippen LogP contribution in [0.25, 0.3) is 0 Å². The van der Waals surface area contributed by atoms with Crippen molar-refractivity contribution in [3.8, 4) is 0 Å². The highest BCUT2D eigenvalue weighted by Crippen LogP contribution is 2.38. The highest BCUT2D eigenvalue weighted by atomic mass is 28.4. The van der Waals surface area contributed by atoms with Crippen molar-refractivity contribution in [1.29, 1.82) is 0 Å². The third-order valence-corrected chi connectivity index (χ3v) is 10.6. The summed E-state index contributed by atoms with van der Waals surface area (Å²) >= 11 is 0. The zero-order valence-electron chi connectivity index (χ0n) is 15.3. The molecular formula is C17H35NO3Si. The molecule has 0 saturated carbocycles. The Kier molecular flexibility index (Phi) is 5.45. The standard InChI is InChI=1S/C17H35NO3Si/c1-16(2,3)22(5,6)21-9-7-8-17(19)10-14-12-20-13-15(11-17)18(14)4/h14-15,19H,7-13H2,1-6H3. The maximum atomic E-state index is 11.0. The minimum absolute atomic E-state index is 0.256. The predicted octanol–water partition coefficient (Wildman–Crippen LogP) is 3.01. The van der Waals surface area contributed by atoms with E-state index in [-0.39, 0.29) is 5.04 Å². The van der Waals surface area contributed by atoms with Crippen LogP contribution in [0.15, 0.2) is 0 Å². The van der Waals surface area contributed by atoms with E-state index < -0.39 is 13.9 Å². The van der Waals surface area contributed by atoms with Crippen LogP contribution in [-0.2, 0) is 9.16 Å². The zero-order valence-corrected chi connectivity index (χ0v) is 16.3. The van der Waals surface area contributed by atoms with Crippen molar-refractivity contribution in [2.45, 2.75) is 82.3 Å². The molecule has 0 aromatic rings. The van der Waals surface area contributed by atoms with Crippen LogP contribution in [0.3, 0.4) is 0 Å². The fourth-order valence-corrected chi connectivity index (χ4v) is 4.48. The third kappa shape index (κ3) is 4.12. The molecule has 22 heavy (non-hydrogen) atoms. The second-order valence-corrected chi connectivity index (χ2v) is 13.7. The molecular weight excluding hydrogens is 294 g/mol. The SMILES string of the molecule is CN1C2COCC1CC(O)(CCCO[Si](C)(C)C(C)(C)C)C2. The lowest BCUT2D eigenvalue weighted by molar-refractivity contribution is -0.137. The molecule has 2 saturated heterocycles. The van der Waals surface area contributed by atoms with E-state index >= 15 is 0 Å². The third-order valence-electron chi connectivity index (χ3n) is 6.06. The van der Waals surface area contributed by atoms with Crippen LogP contribution in [-0.4, -0.2) is 62.9 Å². The Hall–Kier alpha value is 0.0569. The molecule has 0 spiro atoms. The minimum atomic E-state index is -1.66. The first-order chi connectivity index (χ1) is 10.0. The van der Waals surface area contributed by atoms with E-state index in [1.807, 2.05) is 0 Å². The molecule has 5 heteroatoms. The van der Waals surface area contributed by atoms with Crippen LogP contribution in [0.5, 0.6) is 0 Å². The van der Waals surface area contributed by atoms with Crippen molar-refractivity contribution in [2.24, 2.45) is 0 Å². The Labute approximate surface area is 137 Å². The first-order valence-corrected chi connectivity index (χ1v) is 11.6. The minimum Gasteiger partial charge on any atom is -0.417 e. The van der Waals surface area contributed by atoms with E-state index in [9.17, 15) is 5.11 Å². The van der Waals surface area contributed by atoms with Crippen LogP contribution in [0.2, 0.25) is 18.1 Å². The maximum absolute atomic E-state index is 11.0. The molecule has 2 bridgehead atoms. The Bertz CT molecular complexity index is 367. The van der Waals surface area contributed by atoms with Gasteiger partial charge in [0, 0.05) is 18.7 Å². The van der Waals surface area contributed by atoms with Crippen molar-refractivity contribution in [2.75, 3.05) is 26.9 Å². The monoisotopic (exact) mass is 329 g/mol. The quantitative estimate of drug-likeness (QED) is 0.622. The second-order valence-electron chi connectivity index (χ2n) is 8.86. The second kappa shape index (κ2) is 6.52. The molecule has 0 amide bonds. The van der Waals surface area contributed by atoms with Gasteiger partial charge in [-0.15, -0.1) is 0 Å². The summed E-state index contributed by atoms with van der Waals surface area (Å²) in [6.07, 6.45) is 3.47. The average molecular weight is 330 g/mol. The molecule has 0 aliphatic carbocycles. The lowest BCUT2D eigenvalue weighted by Gasteiger charge is -2.50. The molecule has 2 unspecified atom stereocenters. The number of piperidine rings is 1. The van der Waals surface area contributed by atoms with Gasteiger partial charge in [0.2, 0.25) is 0 Å². The van der Waals surface area contributed by atoms with Crippen molar-refractivity contribution in [1.82, 2.24) is 4.90 Å². The molecule has 2 rings (SSSR count). The van der Waals surface area contributed by atoms with Gasteiger partial charge in [-0.2, -0.15) is 0 Å². The molecule has 1 N–H and O–H groups in total. The molecule has 2 fully saturated rings. The number of aliphatic hydroxyl groups is 1. The average Bonchev–Trinajstić information content (AvgIpc) is 2.36. The number of nitrogens with zero attached hydrogens (tertiary/aromatic N) is 1. The molecule has 0 radical (unpaired) electrons. The van der Waals surface area contributed by atoms with Crippen molar-refractivity contribution in [3.05, 3.63) is 0 Å². The summed E-state index contributed by atoms with van der Waals surface area (Å²) in [5.74, 6) is 0. The van der Waals surface area contributed by atoms with E-state index in [0.717, 1.165) is 45.5 Å². The summed E-state index contributed by atoms with van der Waals surface area (Å²) in [6, 6.07) is 0.748. The van der Waals surface area contributed by atoms with Crippen LogP contribution in [0.1, 0.15) is 46.5 Å². The molecule has 0 aromatic heterocycles. The van der Waals surface area contributed by atoms with E-state index in [4.69, 9.17) is 9.16 Å². The molecule has 2 aliphatic heterocycles. The van der Waals surface area contributed by atoms with Gasteiger partial charge in [0.05, 0.1) is 18.8 Å². The Morgan fingerprint density at radius 1 is 1.23 bits per heavy atom. The molecule has 130 valence electrons. The number of rotatable bonds is 5. The maximum Gasteiger partial charge on any atom is 0.191 e. The summed E-state index contributed by atoms with van der Waals surface area (Å²) in [6.45, 7) is 13.7. The fraction of sp³-hybridized carbons (Fsp3) is 1.00. The van der Waals surface area contributed by atoms with Gasteiger partial charge in [-0.3, -0.25) is 4.90 Å². The largest absolute Gasteiger partial charge is 0.417 e. The molecule has 0 aromatic carbocycles. The van der Waals surface area contributed by atoms with Gasteiger partial charge >= 0.3 is 0 Å². The van der Waals surface area contributed by atoms with Crippen molar-refractivity contribution in [3.63, 3.8) is 0 Å². The Morgan fingerprint density at radius 2 is 1.77 bits per heavy atom. The smallest absolute Gasteiger partial charge is 0.191 e. The van der Waals surface area contributed by atoms with Gasteiger partial charge in [0.15, 0.2) is 8.32 Å². The van der Waals surface area contributed by atoms with E-state index in [0.29, 0.717) is 12.1 Å². The van der Waals surface area contributed by atoms with Crippen molar-refractivity contribution < 1.29 is 14.3 Å². The van der Waals surface area contributed by atoms with Gasteiger partial charge in [0.25, 0.3) is 0 Å². The van der Waals surface area contributed by atoms with Crippen molar-refractivity contribution >= 4 is 8.32 Å². The Balaban J connectivity index is 1.80. The first-order valence-electron chi connectivity index (χ1n) is 8.70. The normalized spacial score (nSPS) is 34.0. The van der Waals surface area contributed by atoms with E-state index in [2.05, 4.69) is 45.8 Å². The highest BCUT2D eigenvalue weighted by Gasteiger charge is 2.44. The summed E-state index contributed by atoms with van der Waals surface area (Å²) in [4.78, 5) is 2.39. The number of fused-ring (bicyclic) bond motifs is 2. The van der Waals surface area contributed by atoms with Crippen LogP contribution >= 0.6 is 0 Å². The fourth-order valence-electron chi connectivity index (χ4n) is 3.39. The molecule has 2 atom stereocenters. The number of hydrogen-bond acceptors (Lipinski definition) is 4. The first kappa shape index (κ1) is 18.4. The van der Waals surface area contributed by atoms with Crippen LogP contribution < -0.4 is 0 Å². The number of likely N-dealkylation sites (N-methyl/N-ethyl adjacent to an activating group) is 1. The highest BCUT2D eigenvalue weighted by molar-refractivity contribution is 6.74. The molecule has 2 heterocycles. The lowest BCUT2D eigenvalue weighted by Crippen LogP contribution is -2.60. The van der Waals surface area contributed by atoms with Crippen LogP contribution in [0.4, 0.5) is 0 Å². The predicted molar refractivity (Wildman–Crippen MR) is 92.7 cm³/mol. The summed E-state index contributed by atoms with van der Waals surface area (Å²) < 4.78 is 11.9. The summed E-state index contributed by atoms with van der Waals surface area (Å²) in [7, 11) is 0.505. The number of morpholine rings is 1.